The zero-order chi connectivity index (χ0) is 16.5. The summed E-state index contributed by atoms with van der Waals surface area (Å²) in [5, 5.41) is 4.98. The normalized spacial score (nSPS) is 11.6. The maximum atomic E-state index is 3.64. The van der Waals surface area contributed by atoms with Crippen LogP contribution < -0.4 is 0 Å². The third kappa shape index (κ3) is 2.81. The van der Waals surface area contributed by atoms with Crippen molar-refractivity contribution in [1.82, 2.24) is 0 Å². The molecule has 0 radical (unpaired) electrons. The summed E-state index contributed by atoms with van der Waals surface area (Å²) in [4.78, 5) is 0. The number of halogens is 2. The molecule has 0 aliphatic heterocycles. The van der Waals surface area contributed by atoms with Crippen molar-refractivity contribution in [2.45, 2.75) is 0 Å². The predicted molar refractivity (Wildman–Crippen MR) is 112 cm³/mol. The lowest BCUT2D eigenvalue weighted by atomic mass is 10.0. The molecule has 0 bridgehead atoms. The molecule has 0 spiro atoms. The second kappa shape index (κ2) is 6.54. The average molecular weight is 438 g/mol. The van der Waals surface area contributed by atoms with Gasteiger partial charge in [-0.1, -0.05) is 105 Å². The molecule has 24 heavy (non-hydrogen) atoms. The van der Waals surface area contributed by atoms with Crippen molar-refractivity contribution >= 4 is 65.6 Å². The Bertz CT molecular complexity index is 990. The van der Waals surface area contributed by atoms with E-state index in [1.165, 1.54) is 32.7 Å². The van der Waals surface area contributed by atoms with Crippen molar-refractivity contribution < 1.29 is 0 Å². The first kappa shape index (κ1) is 15.6. The van der Waals surface area contributed by atoms with Crippen LogP contribution in [-0.2, 0) is 0 Å². The highest BCUT2D eigenvalue weighted by Crippen LogP contribution is 2.30. The van der Waals surface area contributed by atoms with Crippen molar-refractivity contribution in [2.75, 3.05) is 0 Å². The van der Waals surface area contributed by atoms with Crippen molar-refractivity contribution in [3.63, 3.8) is 0 Å². The van der Waals surface area contributed by atoms with E-state index in [4.69, 9.17) is 0 Å². The van der Waals surface area contributed by atoms with Gasteiger partial charge in [-0.25, -0.2) is 0 Å². The number of fused-ring (bicyclic) bond motifs is 2. The van der Waals surface area contributed by atoms with Gasteiger partial charge in [-0.2, -0.15) is 0 Å². The summed E-state index contributed by atoms with van der Waals surface area (Å²) in [7, 11) is 0. The quantitative estimate of drug-likeness (QED) is 0.282. The van der Waals surface area contributed by atoms with Gasteiger partial charge in [-0.15, -0.1) is 0 Å². The molecule has 0 amide bonds. The van der Waals surface area contributed by atoms with Gasteiger partial charge in [0.05, 0.1) is 0 Å². The topological polar surface area (TPSA) is 0 Å². The summed E-state index contributed by atoms with van der Waals surface area (Å²) in [5.41, 5.74) is 2.45. The minimum absolute atomic E-state index is 1.13. The Hall–Kier alpha value is -1.90. The largest absolute Gasteiger partial charge is 0.0616 e. The molecule has 4 rings (SSSR count). The molecule has 116 valence electrons. The highest BCUT2D eigenvalue weighted by molar-refractivity contribution is 9.11. The van der Waals surface area contributed by atoms with Crippen LogP contribution >= 0.6 is 31.9 Å². The maximum Gasteiger partial charge on any atom is 0.0254 e. The highest BCUT2D eigenvalue weighted by Gasteiger charge is 2.03. The third-order valence-corrected chi connectivity index (χ3v) is 5.63. The molecule has 0 saturated heterocycles. The molecule has 0 aromatic heterocycles. The summed E-state index contributed by atoms with van der Waals surface area (Å²) in [6.07, 6.45) is 4.40. The summed E-state index contributed by atoms with van der Waals surface area (Å²) < 4.78 is 2.26. The second-order valence-corrected chi connectivity index (χ2v) is 7.41. The highest BCUT2D eigenvalue weighted by atomic mass is 79.9. The lowest BCUT2D eigenvalue weighted by Crippen LogP contribution is -1.82. The van der Waals surface area contributed by atoms with E-state index in [0.29, 0.717) is 0 Å². The first-order chi connectivity index (χ1) is 11.7. The van der Waals surface area contributed by atoms with Crippen molar-refractivity contribution in [2.24, 2.45) is 0 Å². The average Bonchev–Trinajstić information content (AvgIpc) is 2.63. The number of hydrogen-bond donors (Lipinski definition) is 0. The molecule has 0 atom stereocenters. The predicted octanol–water partition coefficient (Wildman–Crippen LogP) is 7.69. The number of hydrogen-bond acceptors (Lipinski definition) is 0. The van der Waals surface area contributed by atoms with Gasteiger partial charge in [0.2, 0.25) is 0 Å². The SMILES string of the molecule is Brc1ccc(C=Cc2ccc(Br)c3ccccc23)c2ccccc12. The first-order valence-electron chi connectivity index (χ1n) is 7.76. The van der Waals surface area contributed by atoms with Gasteiger partial charge >= 0.3 is 0 Å². The van der Waals surface area contributed by atoms with Crippen LogP contribution in [0.15, 0.2) is 81.7 Å². The molecule has 4 aromatic carbocycles. The summed E-state index contributed by atoms with van der Waals surface area (Å²) in [6.45, 7) is 0. The molecule has 4 aromatic rings. The van der Waals surface area contributed by atoms with Crippen molar-refractivity contribution in [3.05, 3.63) is 92.9 Å². The lowest BCUT2D eigenvalue weighted by Gasteiger charge is -2.06. The van der Waals surface area contributed by atoms with Gasteiger partial charge in [0.15, 0.2) is 0 Å². The van der Waals surface area contributed by atoms with E-state index < -0.39 is 0 Å². The Morgan fingerprint density at radius 3 is 1.25 bits per heavy atom. The molecule has 0 saturated carbocycles. The lowest BCUT2D eigenvalue weighted by molar-refractivity contribution is 1.67. The second-order valence-electron chi connectivity index (χ2n) is 5.70. The Morgan fingerprint density at radius 2 is 0.833 bits per heavy atom. The van der Waals surface area contributed by atoms with Crippen LogP contribution in [0.25, 0.3) is 33.7 Å². The van der Waals surface area contributed by atoms with Gasteiger partial charge < -0.3 is 0 Å². The van der Waals surface area contributed by atoms with E-state index in [1.807, 2.05) is 0 Å². The van der Waals surface area contributed by atoms with Crippen LogP contribution in [0.3, 0.4) is 0 Å². The minimum Gasteiger partial charge on any atom is -0.0616 e. The monoisotopic (exact) mass is 436 g/mol. The van der Waals surface area contributed by atoms with Crippen molar-refractivity contribution in [3.8, 4) is 0 Å². The molecule has 0 heterocycles. The van der Waals surface area contributed by atoms with Crippen LogP contribution in [-0.4, -0.2) is 0 Å². The van der Waals surface area contributed by atoms with E-state index in [2.05, 4.69) is 117 Å². The fourth-order valence-corrected chi connectivity index (χ4v) is 4.00. The van der Waals surface area contributed by atoms with E-state index in [-0.39, 0.29) is 0 Å². The fourth-order valence-electron chi connectivity index (χ4n) is 3.04. The van der Waals surface area contributed by atoms with E-state index in [1.54, 1.807) is 0 Å². The van der Waals surface area contributed by atoms with E-state index in [9.17, 15) is 0 Å². The van der Waals surface area contributed by atoms with Crippen molar-refractivity contribution in [1.29, 1.82) is 0 Å². The molecular formula is C22H14Br2. The maximum absolute atomic E-state index is 3.64. The van der Waals surface area contributed by atoms with Crippen LogP contribution in [0.1, 0.15) is 11.1 Å². The number of rotatable bonds is 2. The van der Waals surface area contributed by atoms with Gasteiger partial charge in [0, 0.05) is 8.95 Å². The smallest absolute Gasteiger partial charge is 0.0254 e. The summed E-state index contributed by atoms with van der Waals surface area (Å²) >= 11 is 7.28. The van der Waals surface area contributed by atoms with Gasteiger partial charge in [-0.05, 0) is 44.8 Å². The molecule has 2 heteroatoms. The molecule has 0 aliphatic rings. The Balaban J connectivity index is 1.85. The molecule has 0 aliphatic carbocycles. The Labute approximate surface area is 158 Å². The summed E-state index contributed by atoms with van der Waals surface area (Å²) in [6, 6.07) is 25.5. The van der Waals surface area contributed by atoms with Gasteiger partial charge in [0.1, 0.15) is 0 Å². The van der Waals surface area contributed by atoms with E-state index in [0.717, 1.165) is 8.95 Å². The van der Waals surface area contributed by atoms with Gasteiger partial charge in [-0.3, -0.25) is 0 Å². The zero-order valence-electron chi connectivity index (χ0n) is 12.8. The van der Waals surface area contributed by atoms with Crippen LogP contribution in [0.5, 0.6) is 0 Å². The van der Waals surface area contributed by atoms with Crippen LogP contribution in [0.4, 0.5) is 0 Å². The minimum atomic E-state index is 1.13. The molecule has 0 N–H and O–H groups in total. The fraction of sp³-hybridized carbons (Fsp3) is 0. The molecule has 0 fully saturated rings. The van der Waals surface area contributed by atoms with E-state index >= 15 is 0 Å². The molecule has 0 unspecified atom stereocenters. The summed E-state index contributed by atoms with van der Waals surface area (Å²) in [5.74, 6) is 0. The standard InChI is InChI=1S/C22H14Br2/c23-21-13-11-15(17-5-1-3-7-19(17)21)9-10-16-12-14-22(24)20-8-4-2-6-18(16)20/h1-14H. The van der Waals surface area contributed by atoms with Crippen LogP contribution in [0.2, 0.25) is 0 Å². The first-order valence-corrected chi connectivity index (χ1v) is 9.35. The third-order valence-electron chi connectivity index (χ3n) is 4.25. The zero-order valence-corrected chi connectivity index (χ0v) is 16.0. The molecule has 0 nitrogen and oxygen atoms in total. The Morgan fingerprint density at radius 1 is 0.458 bits per heavy atom. The number of benzene rings is 4. The molecular weight excluding hydrogens is 424 g/mol. The Kier molecular flexibility index (Phi) is 4.26. The van der Waals surface area contributed by atoms with Crippen LogP contribution in [0, 0.1) is 0 Å². The van der Waals surface area contributed by atoms with Gasteiger partial charge in [0.25, 0.3) is 0 Å².